The summed E-state index contributed by atoms with van der Waals surface area (Å²) in [4.78, 5) is 15.2. The highest BCUT2D eigenvalue weighted by Gasteiger charge is 2.20. The monoisotopic (exact) mass is 896 g/mol. The normalized spacial score (nSPS) is 13.9. The molecule has 13 aromatic rings. The molecule has 6 nitrogen and oxygen atoms in total. The molecule has 0 saturated heterocycles. The summed E-state index contributed by atoms with van der Waals surface area (Å²) in [7, 11) is 0. The third-order valence-electron chi connectivity index (χ3n) is 14.2. The summed E-state index contributed by atoms with van der Waals surface area (Å²) in [5.41, 5.74) is 18.5. The first kappa shape index (κ1) is 40.0. The van der Waals surface area contributed by atoms with E-state index in [1.165, 1.54) is 38.2 Å². The molecule has 0 saturated carbocycles. The van der Waals surface area contributed by atoms with Crippen LogP contribution in [0.2, 0.25) is 0 Å². The van der Waals surface area contributed by atoms with Gasteiger partial charge in [-0.1, -0.05) is 134 Å². The molecule has 1 unspecified atom stereocenters. The van der Waals surface area contributed by atoms with E-state index in [-0.39, 0.29) is 0 Å². The van der Waals surface area contributed by atoms with Crippen LogP contribution in [-0.4, -0.2) is 28.7 Å². The van der Waals surface area contributed by atoms with Crippen LogP contribution in [0.3, 0.4) is 0 Å². The van der Waals surface area contributed by atoms with Gasteiger partial charge in [0.05, 0.1) is 50.0 Å². The Morgan fingerprint density at radius 3 is 1.66 bits per heavy atom. The number of rotatable bonds is 7. The number of pyridine rings is 1. The van der Waals surface area contributed by atoms with Crippen LogP contribution in [0.5, 0.6) is 0 Å². The van der Waals surface area contributed by atoms with E-state index < -0.39 is 0 Å². The first-order chi connectivity index (χ1) is 34.6. The predicted molar refractivity (Wildman–Crippen MR) is 290 cm³/mol. The molecule has 1 atom stereocenters. The molecule has 1 aliphatic rings. The van der Waals surface area contributed by atoms with Crippen molar-refractivity contribution in [2.24, 2.45) is 5.92 Å². The lowest BCUT2D eigenvalue weighted by molar-refractivity contribution is 0.738. The Labute approximate surface area is 404 Å². The van der Waals surface area contributed by atoms with Crippen molar-refractivity contribution in [2.45, 2.75) is 13.3 Å². The lowest BCUT2D eigenvalue weighted by Gasteiger charge is -2.14. The van der Waals surface area contributed by atoms with Crippen molar-refractivity contribution >= 4 is 71.1 Å². The van der Waals surface area contributed by atoms with Gasteiger partial charge < -0.3 is 13.7 Å². The van der Waals surface area contributed by atoms with Crippen LogP contribution >= 0.6 is 0 Å². The molecule has 8 aromatic carbocycles. The van der Waals surface area contributed by atoms with Crippen LogP contribution in [0.1, 0.15) is 19.0 Å². The molecule has 6 heteroatoms. The summed E-state index contributed by atoms with van der Waals surface area (Å²) in [6.07, 6.45) is 9.68. The zero-order valence-corrected chi connectivity index (χ0v) is 38.4. The highest BCUT2D eigenvalue weighted by Crippen LogP contribution is 2.40. The summed E-state index contributed by atoms with van der Waals surface area (Å²) in [5.74, 6) is 1.24. The Balaban J connectivity index is 0.876. The number of fused-ring (bicyclic) bond motifs is 9. The largest absolute Gasteiger partial charge is 0.309 e. The molecule has 0 bridgehead atoms. The topological polar surface area (TPSA) is 53.5 Å². The van der Waals surface area contributed by atoms with Crippen molar-refractivity contribution in [3.8, 4) is 50.8 Å². The van der Waals surface area contributed by atoms with E-state index in [1.54, 1.807) is 0 Å². The number of benzene rings is 8. The van der Waals surface area contributed by atoms with E-state index in [0.717, 1.165) is 95.9 Å². The van der Waals surface area contributed by atoms with Gasteiger partial charge in [0.2, 0.25) is 0 Å². The fourth-order valence-electron chi connectivity index (χ4n) is 10.9. The number of para-hydroxylation sites is 3. The second-order valence-corrected chi connectivity index (χ2v) is 18.5. The number of allylic oxidation sites excluding steroid dienone is 4. The smallest absolute Gasteiger partial charge is 0.160 e. The molecule has 5 aromatic heterocycles. The molecule has 70 heavy (non-hydrogen) atoms. The van der Waals surface area contributed by atoms with E-state index >= 15 is 0 Å². The third-order valence-corrected chi connectivity index (χ3v) is 14.2. The zero-order chi connectivity index (χ0) is 46.3. The van der Waals surface area contributed by atoms with Crippen molar-refractivity contribution in [1.82, 2.24) is 28.7 Å². The maximum atomic E-state index is 5.19. The quantitative estimate of drug-likeness (QED) is 0.160. The Kier molecular flexibility index (Phi) is 9.14. The molecule has 1 aliphatic carbocycles. The molecular formula is C64H44N6. The van der Waals surface area contributed by atoms with Crippen molar-refractivity contribution in [3.63, 3.8) is 0 Å². The maximum Gasteiger partial charge on any atom is 0.160 e. The minimum absolute atomic E-state index is 0.516. The molecule has 0 aliphatic heterocycles. The van der Waals surface area contributed by atoms with Gasteiger partial charge in [-0.2, -0.15) is 0 Å². The average molecular weight is 897 g/mol. The molecule has 0 spiro atoms. The van der Waals surface area contributed by atoms with E-state index in [2.05, 4.69) is 221 Å². The molecule has 0 N–H and O–H groups in total. The van der Waals surface area contributed by atoms with Gasteiger partial charge in [-0.05, 0) is 126 Å². The van der Waals surface area contributed by atoms with Gasteiger partial charge in [0, 0.05) is 61.3 Å². The Morgan fingerprint density at radius 2 is 0.957 bits per heavy atom. The van der Waals surface area contributed by atoms with Gasteiger partial charge in [-0.25, -0.2) is 9.97 Å². The molecular weight excluding hydrogens is 853 g/mol. The first-order valence-corrected chi connectivity index (χ1v) is 24.1. The second kappa shape index (κ2) is 16.0. The Morgan fingerprint density at radius 1 is 0.400 bits per heavy atom. The second-order valence-electron chi connectivity index (χ2n) is 18.5. The van der Waals surface area contributed by atoms with Gasteiger partial charge in [0.25, 0.3) is 0 Å². The zero-order valence-electron chi connectivity index (χ0n) is 38.4. The summed E-state index contributed by atoms with van der Waals surface area (Å²) in [6, 6.07) is 74.2. The highest BCUT2D eigenvalue weighted by atomic mass is 15.0. The lowest BCUT2D eigenvalue weighted by atomic mass is 9.96. The summed E-state index contributed by atoms with van der Waals surface area (Å²) >= 11 is 0. The van der Waals surface area contributed by atoms with E-state index in [4.69, 9.17) is 15.0 Å². The fourth-order valence-corrected chi connectivity index (χ4v) is 10.9. The molecule has 0 amide bonds. The van der Waals surface area contributed by atoms with Crippen LogP contribution in [0.15, 0.2) is 231 Å². The van der Waals surface area contributed by atoms with E-state index in [9.17, 15) is 0 Å². The fraction of sp³-hybridized carbons (Fsp3) is 0.0469. The minimum Gasteiger partial charge on any atom is -0.309 e. The number of hydrogen-bond donors (Lipinski definition) is 0. The van der Waals surface area contributed by atoms with Crippen LogP contribution in [-0.2, 0) is 0 Å². The molecule has 0 radical (unpaired) electrons. The average Bonchev–Trinajstić information content (AvgIpc) is 4.06. The lowest BCUT2D eigenvalue weighted by Crippen LogP contribution is -2.01. The van der Waals surface area contributed by atoms with Gasteiger partial charge >= 0.3 is 0 Å². The SMILES string of the molecule is CC1C=CC(c2cc(-c3cccc(-n4c5ccccc5c5cc(-c6ccc7c(c6)c6ccccc6n7-c6ccc7c(c6)c6ncccc6n7-c6ccccc6)ccc54)c3)nc(-c3ccccc3)n2)=CC1. The Bertz CT molecular complexity index is 4280. The number of nitrogens with zero attached hydrogens (tertiary/aromatic N) is 6. The number of hydrogen-bond acceptors (Lipinski definition) is 3. The van der Waals surface area contributed by atoms with Crippen molar-refractivity contribution in [1.29, 1.82) is 0 Å². The van der Waals surface area contributed by atoms with Crippen molar-refractivity contribution in [2.75, 3.05) is 0 Å². The van der Waals surface area contributed by atoms with Crippen molar-refractivity contribution in [3.05, 3.63) is 236 Å². The van der Waals surface area contributed by atoms with Crippen LogP contribution < -0.4 is 0 Å². The molecule has 5 heterocycles. The molecule has 0 fully saturated rings. The summed E-state index contributed by atoms with van der Waals surface area (Å²) in [5, 5.41) is 5.97. The molecule has 330 valence electrons. The van der Waals surface area contributed by atoms with Gasteiger partial charge in [0.15, 0.2) is 5.82 Å². The standard InChI is InChI=1S/C64H44N6/c1-41-25-27-42(28-26-41)55-40-56(67-64(66-55)43-14-4-2-5-15-43)46-16-12-19-48(36-46)69-57-22-10-8-20-50(57)52-37-44(29-32-59(52)69)45-30-33-60-53(38-45)51-21-9-11-23-58(51)70(60)49-31-34-61-54(39-49)63-62(24-13-35-65-63)68(61)47-17-6-3-7-18-47/h2-25,27-41H,26H2,1H3. The summed E-state index contributed by atoms with van der Waals surface area (Å²) in [6.45, 7) is 2.25. The predicted octanol–water partition coefficient (Wildman–Crippen LogP) is 16.1. The maximum absolute atomic E-state index is 5.19. The summed E-state index contributed by atoms with van der Waals surface area (Å²) < 4.78 is 7.12. The van der Waals surface area contributed by atoms with Crippen molar-refractivity contribution < 1.29 is 0 Å². The van der Waals surface area contributed by atoms with Crippen LogP contribution in [0.25, 0.3) is 122 Å². The molecule has 14 rings (SSSR count). The number of aromatic nitrogens is 6. The van der Waals surface area contributed by atoms with Gasteiger partial charge in [-0.15, -0.1) is 0 Å². The highest BCUT2D eigenvalue weighted by molar-refractivity contribution is 6.14. The van der Waals surface area contributed by atoms with Gasteiger partial charge in [-0.3, -0.25) is 4.98 Å². The van der Waals surface area contributed by atoms with E-state index in [1.807, 2.05) is 30.5 Å². The van der Waals surface area contributed by atoms with Gasteiger partial charge in [0.1, 0.15) is 0 Å². The third kappa shape index (κ3) is 6.45. The van der Waals surface area contributed by atoms with E-state index in [0.29, 0.717) is 5.92 Å². The Hall–Kier alpha value is -9.13. The van der Waals surface area contributed by atoms with Crippen LogP contribution in [0.4, 0.5) is 0 Å². The van der Waals surface area contributed by atoms with Crippen LogP contribution in [0, 0.1) is 5.92 Å². The minimum atomic E-state index is 0.516. The first-order valence-electron chi connectivity index (χ1n) is 24.1.